The number of aromatic nitrogens is 2. The number of carbonyl (C=O) groups excluding carboxylic acids is 4. The minimum Gasteiger partial charge on any atom is -0.453 e. The number of aromatic amines is 1. The number of aliphatic imine (C=N–C) groups is 1. The molecule has 19 heteroatoms. The van der Waals surface area contributed by atoms with E-state index in [1.165, 1.54) is 26.4 Å². The van der Waals surface area contributed by atoms with Gasteiger partial charge in [0.05, 0.1) is 50.8 Å². The standard InChI is InChI=1S/C45H55N8O10P/c1-27(2)39(51-45(57)61-4)43(55)53-23-7-9-38(53)41-47-26-36(49-41)32-18-14-30(15-19-32)29-12-16-31(17-13-29)35-25-46-40(48-35)37-8-6-22-52(37)42(54)34(50-44(56)60-3)24-28-10-20-33(21-11-28)63-64(58,59)62-5/h10-21,25,27,34,36-39H,6-9,22-24,26H2,1-5H3,(H,46,48)(H,47,49)(H,50,56)(H,51,57)(H,58,59)/t34-,36?,37-,38-,39-/m0/s1. The molecule has 5 N–H and O–H groups in total. The largest absolute Gasteiger partial charge is 0.527 e. The number of likely N-dealkylation sites (tertiary alicyclic amines) is 2. The number of nitrogens with zero attached hydrogens (tertiary/aromatic N) is 4. The van der Waals surface area contributed by atoms with Gasteiger partial charge in [-0.15, -0.1) is 0 Å². The molecule has 0 radical (unpaired) electrons. The van der Waals surface area contributed by atoms with Gasteiger partial charge in [0.2, 0.25) is 11.8 Å². The molecule has 4 heterocycles. The van der Waals surface area contributed by atoms with Crippen LogP contribution in [0.15, 0.2) is 84.0 Å². The summed E-state index contributed by atoms with van der Waals surface area (Å²) in [5.74, 6) is 1.00. The van der Waals surface area contributed by atoms with Crippen LogP contribution in [0.25, 0.3) is 22.4 Å². The first-order chi connectivity index (χ1) is 30.8. The molecule has 2 unspecified atom stereocenters. The van der Waals surface area contributed by atoms with Crippen LogP contribution in [0.2, 0.25) is 0 Å². The van der Waals surface area contributed by atoms with Gasteiger partial charge in [-0.2, -0.15) is 0 Å². The average Bonchev–Trinajstić information content (AvgIpc) is 4.15. The van der Waals surface area contributed by atoms with Crippen molar-refractivity contribution in [3.8, 4) is 28.1 Å². The lowest BCUT2D eigenvalue weighted by molar-refractivity contribution is -0.135. The van der Waals surface area contributed by atoms with Gasteiger partial charge in [-0.05, 0) is 71.6 Å². The predicted molar refractivity (Wildman–Crippen MR) is 237 cm³/mol. The molecule has 3 aliphatic rings. The van der Waals surface area contributed by atoms with E-state index in [9.17, 15) is 28.6 Å². The maximum absolute atomic E-state index is 14.1. The average molecular weight is 899 g/mol. The second-order valence-electron chi connectivity index (χ2n) is 16.3. The first kappa shape index (κ1) is 45.8. The Bertz CT molecular complexity index is 2370. The molecule has 0 aliphatic carbocycles. The number of phosphoric acid groups is 1. The van der Waals surface area contributed by atoms with Crippen molar-refractivity contribution in [2.24, 2.45) is 10.9 Å². The third-order valence-corrected chi connectivity index (χ3v) is 12.8. The number of carbonyl (C=O) groups is 4. The fourth-order valence-electron chi connectivity index (χ4n) is 8.45. The molecule has 6 atom stereocenters. The summed E-state index contributed by atoms with van der Waals surface area (Å²) in [6, 6.07) is 20.6. The number of hydrogen-bond donors (Lipinski definition) is 5. The zero-order valence-electron chi connectivity index (χ0n) is 36.5. The summed E-state index contributed by atoms with van der Waals surface area (Å²) < 4.78 is 30.9. The number of alkyl carbamates (subject to hydrolysis) is 2. The molecule has 4 aromatic rings. The predicted octanol–water partition coefficient (Wildman–Crippen LogP) is 5.91. The van der Waals surface area contributed by atoms with Crippen LogP contribution in [-0.4, -0.2) is 114 Å². The van der Waals surface area contributed by atoms with E-state index in [4.69, 9.17) is 19.0 Å². The Morgan fingerprint density at radius 2 is 1.41 bits per heavy atom. The number of nitrogens with one attached hydrogen (secondary N) is 4. The number of imidazole rings is 1. The number of ether oxygens (including phenoxy) is 2. The summed E-state index contributed by atoms with van der Waals surface area (Å²) in [7, 11) is -0.662. The minimum absolute atomic E-state index is 0.0277. The summed E-state index contributed by atoms with van der Waals surface area (Å²) >= 11 is 0. The van der Waals surface area contributed by atoms with Gasteiger partial charge in [-0.1, -0.05) is 74.5 Å². The van der Waals surface area contributed by atoms with Crippen LogP contribution in [0.3, 0.4) is 0 Å². The molecule has 18 nitrogen and oxygen atoms in total. The Kier molecular flexibility index (Phi) is 14.4. The molecule has 2 saturated heterocycles. The Morgan fingerprint density at radius 3 is 2.03 bits per heavy atom. The van der Waals surface area contributed by atoms with Crippen molar-refractivity contribution in [1.29, 1.82) is 0 Å². The van der Waals surface area contributed by atoms with E-state index in [0.29, 0.717) is 37.4 Å². The van der Waals surface area contributed by atoms with Crippen LogP contribution in [0.5, 0.6) is 5.75 Å². The number of methoxy groups -OCH3 is 2. The molecule has 2 fully saturated rings. The molecule has 0 saturated carbocycles. The van der Waals surface area contributed by atoms with Crippen LogP contribution >= 0.6 is 7.82 Å². The summed E-state index contributed by atoms with van der Waals surface area (Å²) in [6.07, 6.45) is 3.59. The quantitative estimate of drug-likeness (QED) is 0.0878. The van der Waals surface area contributed by atoms with E-state index >= 15 is 0 Å². The van der Waals surface area contributed by atoms with Gasteiger partial charge in [0, 0.05) is 26.6 Å². The van der Waals surface area contributed by atoms with Crippen molar-refractivity contribution < 1.29 is 47.2 Å². The van der Waals surface area contributed by atoms with Gasteiger partial charge in [0.1, 0.15) is 29.5 Å². The lowest BCUT2D eigenvalue weighted by Crippen LogP contribution is -2.54. The van der Waals surface area contributed by atoms with Gasteiger partial charge in [0.15, 0.2) is 0 Å². The fourth-order valence-corrected chi connectivity index (χ4v) is 8.92. The monoisotopic (exact) mass is 898 g/mol. The second-order valence-corrected chi connectivity index (χ2v) is 17.8. The second kappa shape index (κ2) is 20.1. The van der Waals surface area contributed by atoms with Gasteiger partial charge in [-0.25, -0.2) is 19.1 Å². The molecular formula is C45H55N8O10P. The highest BCUT2D eigenvalue weighted by atomic mass is 31.2. The number of phosphoric ester groups is 1. The Labute approximate surface area is 371 Å². The van der Waals surface area contributed by atoms with E-state index in [1.807, 2.05) is 30.9 Å². The molecular weight excluding hydrogens is 844 g/mol. The van der Waals surface area contributed by atoms with Crippen LogP contribution < -0.4 is 20.5 Å². The van der Waals surface area contributed by atoms with E-state index < -0.39 is 32.1 Å². The molecule has 0 spiro atoms. The van der Waals surface area contributed by atoms with Gasteiger partial charge < -0.3 is 44.7 Å². The SMILES string of the molecule is COC(=O)N[C@@H](Cc1ccc(OP(=O)(O)OC)cc1)C(=O)N1CCC[C@H]1c1ncc(-c2ccc(-c3ccc(C4CN=C([C@@H]5CCCN5C(=O)[C@@H](NC(=O)OC)C(C)C)N4)cc3)cc2)[nH]1. The molecule has 4 amide bonds. The molecule has 1 aromatic heterocycles. The van der Waals surface area contributed by atoms with Crippen molar-refractivity contribution in [1.82, 2.24) is 35.7 Å². The zero-order chi connectivity index (χ0) is 45.5. The number of amides is 4. The van der Waals surface area contributed by atoms with E-state index in [-0.39, 0.29) is 48.0 Å². The summed E-state index contributed by atoms with van der Waals surface area (Å²) in [6.45, 7) is 5.43. The first-order valence-electron chi connectivity index (χ1n) is 21.3. The van der Waals surface area contributed by atoms with Crippen molar-refractivity contribution >= 4 is 37.7 Å². The molecule has 64 heavy (non-hydrogen) atoms. The lowest BCUT2D eigenvalue weighted by Gasteiger charge is -2.31. The van der Waals surface area contributed by atoms with Crippen LogP contribution in [0.4, 0.5) is 9.59 Å². The van der Waals surface area contributed by atoms with Crippen LogP contribution in [0.1, 0.15) is 68.6 Å². The van der Waals surface area contributed by atoms with Gasteiger partial charge in [-0.3, -0.25) is 24.0 Å². The molecule has 3 aliphatic heterocycles. The van der Waals surface area contributed by atoms with E-state index in [2.05, 4.69) is 66.8 Å². The fraction of sp³-hybridized carbons (Fsp3) is 0.422. The summed E-state index contributed by atoms with van der Waals surface area (Å²) in [5, 5.41) is 8.94. The van der Waals surface area contributed by atoms with Crippen molar-refractivity contribution in [3.05, 3.63) is 95.9 Å². The highest BCUT2D eigenvalue weighted by molar-refractivity contribution is 7.47. The lowest BCUT2D eigenvalue weighted by atomic mass is 9.99. The molecule has 340 valence electrons. The van der Waals surface area contributed by atoms with Crippen molar-refractivity contribution in [2.45, 2.75) is 76.2 Å². The topological polar surface area (TPSA) is 226 Å². The summed E-state index contributed by atoms with van der Waals surface area (Å²) in [5.41, 5.74) is 5.57. The Balaban J connectivity index is 0.966. The number of H-pyrrole nitrogens is 1. The first-order valence-corrected chi connectivity index (χ1v) is 22.8. The molecule has 7 rings (SSSR count). The summed E-state index contributed by atoms with van der Waals surface area (Å²) in [4.78, 5) is 78.1. The number of hydrogen-bond acceptors (Lipinski definition) is 12. The maximum atomic E-state index is 14.1. The minimum atomic E-state index is -4.24. The number of rotatable bonds is 15. The Hall–Kier alpha value is -6.23. The highest BCUT2D eigenvalue weighted by Gasteiger charge is 2.40. The Morgan fingerprint density at radius 1 is 0.812 bits per heavy atom. The van der Waals surface area contributed by atoms with E-state index in [0.717, 1.165) is 60.2 Å². The smallest absolute Gasteiger partial charge is 0.453 e. The van der Waals surface area contributed by atoms with Crippen molar-refractivity contribution in [2.75, 3.05) is 41.0 Å². The van der Waals surface area contributed by atoms with E-state index in [1.54, 1.807) is 23.2 Å². The van der Waals surface area contributed by atoms with Crippen LogP contribution in [0, 0.1) is 5.92 Å². The number of benzene rings is 3. The zero-order valence-corrected chi connectivity index (χ0v) is 37.4. The third kappa shape index (κ3) is 10.6. The van der Waals surface area contributed by atoms with Gasteiger partial charge >= 0.3 is 20.0 Å². The number of amidine groups is 1. The normalized spacial score (nSPS) is 20.2. The molecule has 3 aromatic carbocycles. The van der Waals surface area contributed by atoms with Crippen LogP contribution in [-0.2, 0) is 34.6 Å². The molecule has 0 bridgehead atoms. The van der Waals surface area contributed by atoms with Crippen molar-refractivity contribution in [3.63, 3.8) is 0 Å². The maximum Gasteiger partial charge on any atom is 0.527 e. The highest BCUT2D eigenvalue weighted by Crippen LogP contribution is 2.42. The van der Waals surface area contributed by atoms with Gasteiger partial charge in [0.25, 0.3) is 0 Å². The third-order valence-electron chi connectivity index (χ3n) is 11.9.